The minimum atomic E-state index is -0.470. The summed E-state index contributed by atoms with van der Waals surface area (Å²) in [6, 6.07) is 18.5. The first-order valence-electron chi connectivity index (χ1n) is 8.19. The molecule has 1 aliphatic heterocycles. The van der Waals surface area contributed by atoms with E-state index in [9.17, 15) is 9.90 Å². The van der Waals surface area contributed by atoms with Gasteiger partial charge >= 0.3 is 0 Å². The third kappa shape index (κ3) is 3.15. The topological polar surface area (TPSA) is 70.9 Å². The Morgan fingerprint density at radius 3 is 2.65 bits per heavy atom. The molecule has 5 heteroatoms. The summed E-state index contributed by atoms with van der Waals surface area (Å²) < 4.78 is 5.54. The molecule has 26 heavy (non-hydrogen) atoms. The van der Waals surface area contributed by atoms with E-state index in [-0.39, 0.29) is 11.3 Å². The summed E-state index contributed by atoms with van der Waals surface area (Å²) in [6.07, 6.45) is 3.84. The van der Waals surface area contributed by atoms with E-state index < -0.39 is 5.91 Å². The molecule has 0 unspecified atom stereocenters. The Labute approximate surface area is 150 Å². The number of hydrogen-bond donors (Lipinski definition) is 2. The van der Waals surface area contributed by atoms with Crippen LogP contribution in [-0.4, -0.2) is 17.2 Å². The number of rotatable bonds is 3. The highest BCUT2D eigenvalue weighted by Crippen LogP contribution is 2.26. The number of nitrogens with zero attached hydrogens (tertiary/aromatic N) is 1. The maximum absolute atomic E-state index is 12.3. The van der Waals surface area contributed by atoms with E-state index in [2.05, 4.69) is 10.5 Å². The number of amides is 1. The summed E-state index contributed by atoms with van der Waals surface area (Å²) in [5.41, 5.74) is 4.53. The second kappa shape index (κ2) is 6.72. The summed E-state index contributed by atoms with van der Waals surface area (Å²) in [5, 5.41) is 15.8. The summed E-state index contributed by atoms with van der Waals surface area (Å²) in [6.45, 7) is 0. The van der Waals surface area contributed by atoms with E-state index in [1.165, 1.54) is 0 Å². The Morgan fingerprint density at radius 2 is 1.81 bits per heavy atom. The van der Waals surface area contributed by atoms with Crippen molar-refractivity contribution in [3.05, 3.63) is 83.6 Å². The number of ether oxygens (including phenoxy) is 1. The standard InChI is InChI=1S/C21H16N2O3/c24-19-11-16-6-2-1-5-15(16)10-18(19)21(25)23-22-12-14-9-17-7-3-4-8-20(17)26-13-14/h1-8,10-13,24H,9H2,(H,23,25)/b22-12+. The predicted octanol–water partition coefficient (Wildman–Crippen LogP) is 3.78. The Balaban J connectivity index is 1.47. The number of carbonyl (C=O) groups excluding carboxylic acids is 1. The predicted molar refractivity (Wildman–Crippen MR) is 100 cm³/mol. The Bertz CT molecular complexity index is 1050. The first-order valence-corrected chi connectivity index (χ1v) is 8.19. The van der Waals surface area contributed by atoms with E-state index in [1.54, 1.807) is 24.6 Å². The first-order chi connectivity index (χ1) is 12.7. The Kier molecular flexibility index (Phi) is 4.11. The van der Waals surface area contributed by atoms with Gasteiger partial charge in [-0.3, -0.25) is 4.79 Å². The fourth-order valence-corrected chi connectivity index (χ4v) is 2.89. The fraction of sp³-hybridized carbons (Fsp3) is 0.0476. The van der Waals surface area contributed by atoms with Crippen molar-refractivity contribution in [2.75, 3.05) is 0 Å². The number of nitrogens with one attached hydrogen (secondary N) is 1. The number of fused-ring (bicyclic) bond motifs is 2. The molecule has 4 rings (SSSR count). The quantitative estimate of drug-likeness (QED) is 0.561. The number of aromatic hydroxyl groups is 1. The molecule has 1 heterocycles. The van der Waals surface area contributed by atoms with Gasteiger partial charge in [0.15, 0.2) is 0 Å². The Morgan fingerprint density at radius 1 is 1.08 bits per heavy atom. The Hall–Kier alpha value is -3.60. The van der Waals surface area contributed by atoms with Gasteiger partial charge in [0.2, 0.25) is 0 Å². The molecule has 0 saturated heterocycles. The molecule has 0 aliphatic carbocycles. The van der Waals surface area contributed by atoms with Gasteiger partial charge in [0.05, 0.1) is 18.0 Å². The van der Waals surface area contributed by atoms with Crippen LogP contribution < -0.4 is 10.2 Å². The van der Waals surface area contributed by atoms with Crippen molar-refractivity contribution in [2.45, 2.75) is 6.42 Å². The number of hydrazone groups is 1. The lowest BCUT2D eigenvalue weighted by Crippen LogP contribution is -2.18. The second-order valence-electron chi connectivity index (χ2n) is 6.01. The van der Waals surface area contributed by atoms with Crippen molar-refractivity contribution >= 4 is 22.9 Å². The van der Waals surface area contributed by atoms with Crippen LogP contribution in [0.3, 0.4) is 0 Å². The van der Waals surface area contributed by atoms with Crippen LogP contribution >= 0.6 is 0 Å². The lowest BCUT2D eigenvalue weighted by atomic mass is 10.0. The van der Waals surface area contributed by atoms with Crippen molar-refractivity contribution in [3.8, 4) is 11.5 Å². The molecule has 0 saturated carbocycles. The first kappa shape index (κ1) is 15.9. The van der Waals surface area contributed by atoms with Gasteiger partial charge in [-0.1, -0.05) is 42.5 Å². The number of para-hydroxylation sites is 1. The summed E-state index contributed by atoms with van der Waals surface area (Å²) in [4.78, 5) is 12.3. The molecule has 0 atom stereocenters. The monoisotopic (exact) mass is 344 g/mol. The normalized spacial score (nSPS) is 13.2. The van der Waals surface area contributed by atoms with Gasteiger partial charge in [0.1, 0.15) is 11.5 Å². The molecule has 0 radical (unpaired) electrons. The van der Waals surface area contributed by atoms with E-state index in [4.69, 9.17) is 4.74 Å². The van der Waals surface area contributed by atoms with Crippen molar-refractivity contribution < 1.29 is 14.6 Å². The zero-order valence-electron chi connectivity index (χ0n) is 13.8. The van der Waals surface area contributed by atoms with E-state index in [0.29, 0.717) is 6.42 Å². The molecule has 1 aliphatic rings. The number of carbonyl (C=O) groups is 1. The number of benzene rings is 3. The second-order valence-corrected chi connectivity index (χ2v) is 6.01. The highest BCUT2D eigenvalue weighted by atomic mass is 16.5. The highest BCUT2D eigenvalue weighted by molar-refractivity contribution is 6.01. The molecular weight excluding hydrogens is 328 g/mol. The lowest BCUT2D eigenvalue weighted by Gasteiger charge is -2.14. The molecule has 5 nitrogen and oxygen atoms in total. The summed E-state index contributed by atoms with van der Waals surface area (Å²) in [7, 11) is 0. The van der Waals surface area contributed by atoms with Crippen molar-refractivity contribution in [2.24, 2.45) is 5.10 Å². The van der Waals surface area contributed by atoms with Crippen molar-refractivity contribution in [1.29, 1.82) is 0 Å². The van der Waals surface area contributed by atoms with E-state index in [1.807, 2.05) is 48.5 Å². The molecule has 3 aromatic carbocycles. The number of hydrogen-bond acceptors (Lipinski definition) is 4. The van der Waals surface area contributed by atoms with Gasteiger partial charge in [-0.2, -0.15) is 5.10 Å². The zero-order valence-corrected chi connectivity index (χ0v) is 13.8. The third-order valence-corrected chi connectivity index (χ3v) is 4.21. The minimum Gasteiger partial charge on any atom is -0.507 e. The molecule has 3 aromatic rings. The van der Waals surface area contributed by atoms with Gasteiger partial charge in [-0.25, -0.2) is 5.43 Å². The lowest BCUT2D eigenvalue weighted by molar-refractivity contribution is 0.0952. The van der Waals surface area contributed by atoms with E-state index >= 15 is 0 Å². The van der Waals surface area contributed by atoms with Gasteiger partial charge in [0, 0.05) is 12.0 Å². The van der Waals surface area contributed by atoms with Crippen molar-refractivity contribution in [3.63, 3.8) is 0 Å². The van der Waals surface area contributed by atoms with Crippen LogP contribution in [0.15, 0.2) is 77.6 Å². The van der Waals surface area contributed by atoms with E-state index in [0.717, 1.165) is 27.7 Å². The molecule has 0 bridgehead atoms. The molecule has 128 valence electrons. The zero-order chi connectivity index (χ0) is 17.9. The van der Waals surface area contributed by atoms with Crippen LogP contribution in [0.5, 0.6) is 11.5 Å². The SMILES string of the molecule is O=C(N/N=C/C1=COc2ccccc2C1)c1cc2ccccc2cc1O. The van der Waals surface area contributed by atoms with Gasteiger partial charge in [0.25, 0.3) is 5.91 Å². The summed E-state index contributed by atoms with van der Waals surface area (Å²) in [5.74, 6) is 0.280. The minimum absolute atomic E-state index is 0.0782. The largest absolute Gasteiger partial charge is 0.507 e. The van der Waals surface area contributed by atoms with Crippen molar-refractivity contribution in [1.82, 2.24) is 5.43 Å². The smallest absolute Gasteiger partial charge is 0.275 e. The molecule has 0 aromatic heterocycles. The van der Waals surface area contributed by atoms with Gasteiger partial charge < -0.3 is 9.84 Å². The third-order valence-electron chi connectivity index (χ3n) is 4.21. The molecule has 1 amide bonds. The van der Waals surface area contributed by atoms with Crippen LogP contribution in [0.25, 0.3) is 10.8 Å². The maximum Gasteiger partial charge on any atom is 0.275 e. The molecule has 0 fully saturated rings. The van der Waals surface area contributed by atoms with Gasteiger partial charge in [-0.15, -0.1) is 0 Å². The van der Waals surface area contributed by atoms with Crippen LogP contribution in [0.1, 0.15) is 15.9 Å². The van der Waals surface area contributed by atoms with Gasteiger partial charge in [-0.05, 0) is 34.5 Å². The maximum atomic E-state index is 12.3. The average Bonchev–Trinajstić information content (AvgIpc) is 2.67. The number of phenols is 1. The molecule has 0 spiro atoms. The highest BCUT2D eigenvalue weighted by Gasteiger charge is 2.13. The number of phenolic OH excluding ortho intramolecular Hbond substituents is 1. The average molecular weight is 344 g/mol. The van der Waals surface area contributed by atoms with Crippen LogP contribution in [0.4, 0.5) is 0 Å². The fourth-order valence-electron chi connectivity index (χ4n) is 2.89. The van der Waals surface area contributed by atoms with Crippen LogP contribution in [0.2, 0.25) is 0 Å². The van der Waals surface area contributed by atoms with Crippen LogP contribution in [0, 0.1) is 0 Å². The molecule has 2 N–H and O–H groups in total. The summed E-state index contributed by atoms with van der Waals surface area (Å²) >= 11 is 0. The number of allylic oxidation sites excluding steroid dienone is 1. The van der Waals surface area contributed by atoms with Crippen LogP contribution in [-0.2, 0) is 6.42 Å². The molecular formula is C21H16N2O3.